The van der Waals surface area contributed by atoms with Crippen LogP contribution in [0.2, 0.25) is 5.02 Å². The molecule has 0 aromatic heterocycles. The Hall–Kier alpha value is -2.87. The van der Waals surface area contributed by atoms with Gasteiger partial charge in [-0.1, -0.05) is 91.3 Å². The van der Waals surface area contributed by atoms with Crippen LogP contribution in [0, 0.1) is 0 Å². The first kappa shape index (κ1) is 23.3. The number of benzene rings is 3. The van der Waals surface area contributed by atoms with E-state index in [0.717, 1.165) is 11.1 Å². The van der Waals surface area contributed by atoms with Gasteiger partial charge in [0.1, 0.15) is 0 Å². The van der Waals surface area contributed by atoms with Crippen molar-refractivity contribution >= 4 is 17.6 Å². The molecule has 1 aliphatic heterocycles. The summed E-state index contributed by atoms with van der Waals surface area (Å²) in [5.74, 6) is -4.80. The third-order valence-corrected chi connectivity index (χ3v) is 6.11. The molecule has 0 saturated carbocycles. The van der Waals surface area contributed by atoms with Crippen LogP contribution < -0.4 is 10.6 Å². The van der Waals surface area contributed by atoms with Crippen molar-refractivity contribution in [2.75, 3.05) is 0 Å². The third kappa shape index (κ3) is 4.90. The van der Waals surface area contributed by atoms with E-state index in [2.05, 4.69) is 10.6 Å². The van der Waals surface area contributed by atoms with Crippen LogP contribution in [0.1, 0.15) is 41.6 Å². The molecule has 0 spiro atoms. The molecule has 8 heteroatoms. The van der Waals surface area contributed by atoms with Crippen molar-refractivity contribution in [3.63, 3.8) is 0 Å². The highest BCUT2D eigenvalue weighted by Crippen LogP contribution is 2.43. The van der Waals surface area contributed by atoms with Gasteiger partial charge in [0.15, 0.2) is 0 Å². The maximum Gasteiger partial charge on any atom is 0.491 e. The summed E-state index contributed by atoms with van der Waals surface area (Å²) in [6.07, 6.45) is -5.15. The zero-order valence-corrected chi connectivity index (χ0v) is 18.4. The summed E-state index contributed by atoms with van der Waals surface area (Å²) in [6.45, 7) is 1.70. The first-order chi connectivity index (χ1) is 15.7. The lowest BCUT2D eigenvalue weighted by Crippen LogP contribution is -2.58. The Balaban J connectivity index is 1.81. The molecule has 4 rings (SSSR count). The molecular formula is C25H22ClF3N2O2. The number of hydrogen-bond acceptors (Lipinski definition) is 4. The smallest absolute Gasteiger partial charge is 0.423 e. The monoisotopic (exact) mass is 474 g/mol. The maximum absolute atomic E-state index is 13.3. The van der Waals surface area contributed by atoms with Gasteiger partial charge in [0.25, 0.3) is 0 Å². The molecule has 3 aromatic carbocycles. The lowest BCUT2D eigenvalue weighted by molar-refractivity contribution is -0.221. The van der Waals surface area contributed by atoms with Crippen molar-refractivity contribution in [1.82, 2.24) is 10.6 Å². The van der Waals surface area contributed by atoms with E-state index in [4.69, 9.17) is 16.3 Å². The minimum absolute atomic E-state index is 0.468. The maximum atomic E-state index is 13.3. The fraction of sp³-hybridized carbons (Fsp3) is 0.240. The van der Waals surface area contributed by atoms with E-state index < -0.39 is 36.0 Å². The Bertz CT molecular complexity index is 1040. The van der Waals surface area contributed by atoms with Crippen molar-refractivity contribution in [1.29, 1.82) is 0 Å². The predicted molar refractivity (Wildman–Crippen MR) is 119 cm³/mol. The first-order valence-corrected chi connectivity index (χ1v) is 10.8. The van der Waals surface area contributed by atoms with Crippen molar-refractivity contribution < 1.29 is 22.7 Å². The standard InChI is InChI=1S/C25H22ClF3N2O2/c1-16(17-12-14-20(26)15-13-17)25(33-23(32)24(27,28)29)30-21(18-8-4-2-5-9-18)22(31-25)19-10-6-3-7-11-19/h2-16,21-22,30-31H,1H3. The Morgan fingerprint density at radius 3 is 1.76 bits per heavy atom. The summed E-state index contributed by atoms with van der Waals surface area (Å²) in [6, 6.07) is 24.4. The number of carbonyl (C=O) groups excluding carboxylic acids is 1. The van der Waals surface area contributed by atoms with Crippen molar-refractivity contribution in [2.45, 2.75) is 37.0 Å². The molecule has 2 N–H and O–H groups in total. The molecule has 3 unspecified atom stereocenters. The first-order valence-electron chi connectivity index (χ1n) is 10.4. The number of halogens is 4. The van der Waals surface area contributed by atoms with Crippen LogP contribution in [0.15, 0.2) is 84.9 Å². The molecule has 3 aromatic rings. The zero-order chi connectivity index (χ0) is 23.6. The molecule has 0 radical (unpaired) electrons. The molecule has 1 aliphatic rings. The second kappa shape index (κ2) is 9.17. The zero-order valence-electron chi connectivity index (χ0n) is 17.6. The summed E-state index contributed by atoms with van der Waals surface area (Å²) in [4.78, 5) is 12.1. The van der Waals surface area contributed by atoms with Gasteiger partial charge < -0.3 is 4.74 Å². The number of carbonyl (C=O) groups is 1. The molecule has 0 amide bonds. The molecule has 4 nitrogen and oxygen atoms in total. The lowest BCUT2D eigenvalue weighted by atomic mass is 9.95. The third-order valence-electron chi connectivity index (χ3n) is 5.86. The number of esters is 1. The van der Waals surface area contributed by atoms with E-state index in [1.54, 1.807) is 31.2 Å². The Kier molecular flexibility index (Phi) is 6.47. The molecule has 1 saturated heterocycles. The lowest BCUT2D eigenvalue weighted by Gasteiger charge is -2.36. The Morgan fingerprint density at radius 1 is 0.879 bits per heavy atom. The average molecular weight is 475 g/mol. The molecule has 33 heavy (non-hydrogen) atoms. The fourth-order valence-corrected chi connectivity index (χ4v) is 4.26. The van der Waals surface area contributed by atoms with E-state index in [9.17, 15) is 18.0 Å². The Morgan fingerprint density at radius 2 is 1.33 bits per heavy atom. The molecule has 0 aliphatic carbocycles. The molecular weight excluding hydrogens is 453 g/mol. The average Bonchev–Trinajstić information content (AvgIpc) is 3.20. The number of nitrogens with one attached hydrogen (secondary N) is 2. The normalized spacial score (nSPS) is 23.8. The largest absolute Gasteiger partial charge is 0.491 e. The summed E-state index contributed by atoms with van der Waals surface area (Å²) in [5, 5.41) is 6.89. The van der Waals surface area contributed by atoms with Gasteiger partial charge in [0.05, 0.1) is 18.0 Å². The summed E-state index contributed by atoms with van der Waals surface area (Å²) < 4.78 is 45.0. The second-order valence-electron chi connectivity index (χ2n) is 7.96. The highest BCUT2D eigenvalue weighted by Gasteiger charge is 2.55. The van der Waals surface area contributed by atoms with Crippen LogP contribution in [-0.4, -0.2) is 18.0 Å². The highest BCUT2D eigenvalue weighted by molar-refractivity contribution is 6.30. The van der Waals surface area contributed by atoms with E-state index in [1.165, 1.54) is 0 Å². The molecule has 0 bridgehead atoms. The van der Waals surface area contributed by atoms with Gasteiger partial charge in [-0.25, -0.2) is 4.79 Å². The van der Waals surface area contributed by atoms with Crippen LogP contribution in [0.4, 0.5) is 13.2 Å². The Labute approximate surface area is 194 Å². The fourth-order valence-electron chi connectivity index (χ4n) is 4.13. The van der Waals surface area contributed by atoms with Crippen LogP contribution in [0.3, 0.4) is 0 Å². The van der Waals surface area contributed by atoms with Crippen LogP contribution >= 0.6 is 11.6 Å². The quantitative estimate of drug-likeness (QED) is 0.453. The minimum Gasteiger partial charge on any atom is -0.423 e. The van der Waals surface area contributed by atoms with E-state index in [0.29, 0.717) is 10.6 Å². The highest BCUT2D eigenvalue weighted by atomic mass is 35.5. The van der Waals surface area contributed by atoms with Gasteiger partial charge in [0.2, 0.25) is 5.85 Å². The van der Waals surface area contributed by atoms with Gasteiger partial charge in [0, 0.05) is 5.02 Å². The van der Waals surface area contributed by atoms with E-state index in [1.807, 2.05) is 60.7 Å². The molecule has 3 atom stereocenters. The van der Waals surface area contributed by atoms with Crippen LogP contribution in [0.25, 0.3) is 0 Å². The topological polar surface area (TPSA) is 50.4 Å². The van der Waals surface area contributed by atoms with Crippen LogP contribution in [-0.2, 0) is 9.53 Å². The van der Waals surface area contributed by atoms with E-state index >= 15 is 0 Å². The predicted octanol–water partition coefficient (Wildman–Crippen LogP) is 5.88. The number of alkyl halides is 3. The summed E-state index contributed by atoms with van der Waals surface area (Å²) in [7, 11) is 0. The van der Waals surface area contributed by atoms with Crippen molar-refractivity contribution in [3.05, 3.63) is 107 Å². The van der Waals surface area contributed by atoms with Crippen molar-refractivity contribution in [3.8, 4) is 0 Å². The van der Waals surface area contributed by atoms with Gasteiger partial charge in [-0.05, 0) is 28.8 Å². The molecule has 1 heterocycles. The summed E-state index contributed by atoms with van der Waals surface area (Å²) in [5.41, 5.74) is 2.33. The molecule has 1 fully saturated rings. The van der Waals surface area contributed by atoms with Crippen LogP contribution in [0.5, 0.6) is 0 Å². The number of ether oxygens (including phenoxy) is 1. The number of hydrogen-bond donors (Lipinski definition) is 2. The van der Waals surface area contributed by atoms with Gasteiger partial charge in [-0.2, -0.15) is 13.2 Å². The van der Waals surface area contributed by atoms with Gasteiger partial charge in [-0.3, -0.25) is 10.6 Å². The van der Waals surface area contributed by atoms with Crippen molar-refractivity contribution in [2.24, 2.45) is 0 Å². The SMILES string of the molecule is CC(c1ccc(Cl)cc1)C1(OC(=O)C(F)(F)F)NC(c2ccccc2)C(c2ccccc2)N1. The summed E-state index contributed by atoms with van der Waals surface area (Å²) >= 11 is 6.00. The van der Waals surface area contributed by atoms with E-state index in [-0.39, 0.29) is 0 Å². The minimum atomic E-state index is -5.15. The molecule has 172 valence electrons. The second-order valence-corrected chi connectivity index (χ2v) is 8.40. The number of rotatable bonds is 5. The van der Waals surface area contributed by atoms with Gasteiger partial charge >= 0.3 is 12.1 Å². The van der Waals surface area contributed by atoms with Gasteiger partial charge in [-0.15, -0.1) is 0 Å².